The van der Waals surface area contributed by atoms with E-state index in [4.69, 9.17) is 0 Å². The van der Waals surface area contributed by atoms with E-state index in [9.17, 15) is 4.79 Å². The molecule has 0 spiro atoms. The molecule has 1 heterocycles. The third kappa shape index (κ3) is 3.67. The molecular formula is C18H19IN2O. The number of carbonyl (C=O) groups is 1. The third-order valence-corrected chi connectivity index (χ3v) is 4.98. The molecule has 0 aliphatic carbocycles. The zero-order chi connectivity index (χ0) is 15.4. The van der Waals surface area contributed by atoms with Crippen molar-refractivity contribution in [3.8, 4) is 0 Å². The molecule has 3 nitrogen and oxygen atoms in total. The highest BCUT2D eigenvalue weighted by atomic mass is 127. The second-order valence-corrected chi connectivity index (χ2v) is 6.73. The zero-order valence-corrected chi connectivity index (χ0v) is 14.5. The summed E-state index contributed by atoms with van der Waals surface area (Å²) in [4.78, 5) is 14.6. The largest absolute Gasteiger partial charge is 0.324 e. The van der Waals surface area contributed by atoms with Crippen LogP contribution >= 0.6 is 22.6 Å². The summed E-state index contributed by atoms with van der Waals surface area (Å²) >= 11 is 2.24. The van der Waals surface area contributed by atoms with Crippen molar-refractivity contribution in [2.45, 2.75) is 18.9 Å². The molecule has 2 aromatic carbocycles. The smallest absolute Gasteiger partial charge is 0.238 e. The number of anilines is 1. The lowest BCUT2D eigenvalue weighted by atomic mass is 10.0. The van der Waals surface area contributed by atoms with Crippen LogP contribution in [0.4, 0.5) is 5.69 Å². The summed E-state index contributed by atoms with van der Waals surface area (Å²) in [6.45, 7) is 1.43. The lowest BCUT2D eigenvalue weighted by molar-refractivity contribution is -0.117. The molecule has 1 fully saturated rings. The van der Waals surface area contributed by atoms with Gasteiger partial charge in [-0.05, 0) is 59.7 Å². The number of nitrogens with one attached hydrogen (secondary N) is 1. The fourth-order valence-electron chi connectivity index (χ4n) is 3.00. The molecule has 0 radical (unpaired) electrons. The lowest BCUT2D eigenvalue weighted by Gasteiger charge is -2.24. The summed E-state index contributed by atoms with van der Waals surface area (Å²) < 4.78 is 1.06. The van der Waals surface area contributed by atoms with Crippen LogP contribution in [0.5, 0.6) is 0 Å². The Hall–Kier alpha value is -1.40. The van der Waals surface area contributed by atoms with Crippen LogP contribution in [0.1, 0.15) is 24.4 Å². The number of rotatable bonds is 4. The lowest BCUT2D eigenvalue weighted by Crippen LogP contribution is -2.33. The van der Waals surface area contributed by atoms with Crippen LogP contribution < -0.4 is 5.32 Å². The molecule has 0 unspecified atom stereocenters. The molecule has 1 amide bonds. The van der Waals surface area contributed by atoms with Crippen molar-refractivity contribution in [1.29, 1.82) is 0 Å². The van der Waals surface area contributed by atoms with E-state index >= 15 is 0 Å². The van der Waals surface area contributed by atoms with Crippen LogP contribution in [-0.2, 0) is 4.79 Å². The number of benzene rings is 2. The summed E-state index contributed by atoms with van der Waals surface area (Å²) in [6, 6.07) is 18.7. The van der Waals surface area contributed by atoms with Gasteiger partial charge in [-0.25, -0.2) is 0 Å². The normalized spacial score (nSPS) is 18.3. The second-order valence-electron chi connectivity index (χ2n) is 5.57. The standard InChI is InChI=1S/C18H19IN2O/c19-15-9-4-5-10-16(15)20-18(22)13-21-12-6-11-17(21)14-7-2-1-3-8-14/h1-5,7-10,17H,6,11-13H2,(H,20,22)/t17-/m0/s1. The van der Waals surface area contributed by atoms with Gasteiger partial charge in [-0.15, -0.1) is 0 Å². The Morgan fingerprint density at radius 2 is 1.86 bits per heavy atom. The topological polar surface area (TPSA) is 32.3 Å². The molecule has 0 saturated carbocycles. The monoisotopic (exact) mass is 406 g/mol. The Labute approximate surface area is 144 Å². The van der Waals surface area contributed by atoms with Gasteiger partial charge in [0.05, 0.1) is 12.2 Å². The predicted molar refractivity (Wildman–Crippen MR) is 97.8 cm³/mol. The van der Waals surface area contributed by atoms with E-state index in [0.717, 1.165) is 28.6 Å². The van der Waals surface area contributed by atoms with E-state index in [1.165, 1.54) is 5.56 Å². The highest BCUT2D eigenvalue weighted by Gasteiger charge is 2.27. The summed E-state index contributed by atoms with van der Waals surface area (Å²) in [5.41, 5.74) is 2.20. The van der Waals surface area contributed by atoms with Gasteiger partial charge in [-0.3, -0.25) is 9.69 Å². The van der Waals surface area contributed by atoms with Gasteiger partial charge in [0.15, 0.2) is 0 Å². The molecule has 1 aliphatic rings. The number of hydrogen-bond acceptors (Lipinski definition) is 2. The first-order valence-corrected chi connectivity index (χ1v) is 8.65. The van der Waals surface area contributed by atoms with Gasteiger partial charge >= 0.3 is 0 Å². The highest BCUT2D eigenvalue weighted by Crippen LogP contribution is 2.31. The van der Waals surface area contributed by atoms with Crippen LogP contribution in [0.15, 0.2) is 54.6 Å². The molecule has 1 atom stereocenters. The minimum atomic E-state index is 0.0620. The minimum absolute atomic E-state index is 0.0620. The van der Waals surface area contributed by atoms with Crippen LogP contribution in [0, 0.1) is 3.57 Å². The molecule has 3 rings (SSSR count). The number of hydrogen-bond donors (Lipinski definition) is 1. The van der Waals surface area contributed by atoms with E-state index in [1.54, 1.807) is 0 Å². The van der Waals surface area contributed by atoms with Gasteiger partial charge in [-0.2, -0.15) is 0 Å². The number of amides is 1. The van der Waals surface area contributed by atoms with Gasteiger partial charge in [-0.1, -0.05) is 42.5 Å². The van der Waals surface area contributed by atoms with E-state index in [1.807, 2.05) is 30.3 Å². The van der Waals surface area contributed by atoms with Crippen LogP contribution in [0.2, 0.25) is 0 Å². The van der Waals surface area contributed by atoms with Gasteiger partial charge < -0.3 is 5.32 Å². The molecule has 22 heavy (non-hydrogen) atoms. The summed E-state index contributed by atoms with van der Waals surface area (Å²) in [6.07, 6.45) is 2.27. The first kappa shape index (κ1) is 15.5. The fraction of sp³-hybridized carbons (Fsp3) is 0.278. The van der Waals surface area contributed by atoms with Gasteiger partial charge in [0.1, 0.15) is 0 Å². The van der Waals surface area contributed by atoms with Gasteiger partial charge in [0, 0.05) is 9.61 Å². The van der Waals surface area contributed by atoms with Gasteiger partial charge in [0.2, 0.25) is 5.91 Å². The molecule has 1 saturated heterocycles. The fourth-order valence-corrected chi connectivity index (χ4v) is 3.53. The SMILES string of the molecule is O=C(CN1CCC[C@H]1c1ccccc1)Nc1ccccc1I. The molecule has 4 heteroatoms. The number of nitrogens with zero attached hydrogens (tertiary/aromatic N) is 1. The van der Waals surface area contributed by atoms with Crippen molar-refractivity contribution in [3.63, 3.8) is 0 Å². The Bertz CT molecular complexity index is 645. The zero-order valence-electron chi connectivity index (χ0n) is 12.3. The third-order valence-electron chi connectivity index (χ3n) is 4.04. The van der Waals surface area contributed by atoms with Crippen molar-refractivity contribution in [1.82, 2.24) is 4.90 Å². The van der Waals surface area contributed by atoms with Crippen molar-refractivity contribution in [2.75, 3.05) is 18.4 Å². The molecule has 0 bridgehead atoms. The first-order valence-electron chi connectivity index (χ1n) is 7.57. The van der Waals surface area contributed by atoms with Crippen molar-refractivity contribution in [3.05, 3.63) is 63.7 Å². The maximum atomic E-state index is 12.3. The second kappa shape index (κ2) is 7.24. The molecule has 0 aromatic heterocycles. The quantitative estimate of drug-likeness (QED) is 0.777. The summed E-state index contributed by atoms with van der Waals surface area (Å²) in [5.74, 6) is 0.0620. The maximum absolute atomic E-state index is 12.3. The number of likely N-dealkylation sites (tertiary alicyclic amines) is 1. The van der Waals surface area contributed by atoms with E-state index < -0.39 is 0 Å². The van der Waals surface area contributed by atoms with E-state index in [-0.39, 0.29) is 5.91 Å². The van der Waals surface area contributed by atoms with Gasteiger partial charge in [0.25, 0.3) is 0 Å². The Morgan fingerprint density at radius 1 is 1.14 bits per heavy atom. The molecule has 1 N–H and O–H groups in total. The minimum Gasteiger partial charge on any atom is -0.324 e. The van der Waals surface area contributed by atoms with E-state index in [2.05, 4.69) is 57.1 Å². The Kier molecular flexibility index (Phi) is 5.10. The highest BCUT2D eigenvalue weighted by molar-refractivity contribution is 14.1. The Morgan fingerprint density at radius 3 is 2.64 bits per heavy atom. The van der Waals surface area contributed by atoms with Crippen LogP contribution in [-0.4, -0.2) is 23.9 Å². The van der Waals surface area contributed by atoms with Crippen molar-refractivity contribution >= 4 is 34.2 Å². The average molecular weight is 406 g/mol. The van der Waals surface area contributed by atoms with E-state index in [0.29, 0.717) is 12.6 Å². The molecule has 2 aromatic rings. The van der Waals surface area contributed by atoms with Crippen molar-refractivity contribution < 1.29 is 4.79 Å². The number of carbonyl (C=O) groups excluding carboxylic acids is 1. The Balaban J connectivity index is 1.65. The predicted octanol–water partition coefficient (Wildman–Crippen LogP) is 4.07. The van der Waals surface area contributed by atoms with Crippen molar-refractivity contribution in [2.24, 2.45) is 0 Å². The van der Waals surface area contributed by atoms with Crippen LogP contribution in [0.25, 0.3) is 0 Å². The molecule has 1 aliphatic heterocycles. The van der Waals surface area contributed by atoms with Crippen LogP contribution in [0.3, 0.4) is 0 Å². The first-order chi connectivity index (χ1) is 10.7. The average Bonchev–Trinajstić information content (AvgIpc) is 2.98. The summed E-state index contributed by atoms with van der Waals surface area (Å²) in [5, 5.41) is 3.02. The molecular weight excluding hydrogens is 387 g/mol. The maximum Gasteiger partial charge on any atom is 0.238 e. The molecule has 114 valence electrons. The number of para-hydroxylation sites is 1. The number of halogens is 1. The summed E-state index contributed by atoms with van der Waals surface area (Å²) in [7, 11) is 0.